The number of carbonyl (C=O) groups excluding carboxylic acids is 2. The molecule has 1 aromatic carbocycles. The minimum Gasteiger partial charge on any atom is -0.375 e. The third kappa shape index (κ3) is 7.91. The number of rotatable bonds is 10. The van der Waals surface area contributed by atoms with E-state index in [1.165, 1.54) is 29.1 Å². The fourth-order valence-corrected chi connectivity index (χ4v) is 7.63. The average Bonchev–Trinajstić information content (AvgIpc) is 3.14. The molecule has 0 saturated carbocycles. The van der Waals surface area contributed by atoms with Crippen molar-refractivity contribution in [2.45, 2.75) is 70.4 Å². The van der Waals surface area contributed by atoms with E-state index in [-0.39, 0.29) is 60.1 Å². The Kier molecular flexibility index (Phi) is 10.7. The lowest BCUT2D eigenvalue weighted by Crippen LogP contribution is -2.43. The largest absolute Gasteiger partial charge is 0.375 e. The maximum absolute atomic E-state index is 15.4. The summed E-state index contributed by atoms with van der Waals surface area (Å²) in [6.07, 6.45) is 10.3. The van der Waals surface area contributed by atoms with Crippen LogP contribution in [-0.4, -0.2) is 92.0 Å². The van der Waals surface area contributed by atoms with Gasteiger partial charge in [0.05, 0.1) is 30.6 Å². The molecule has 274 valence electrons. The van der Waals surface area contributed by atoms with Crippen molar-refractivity contribution >= 4 is 22.5 Å². The summed E-state index contributed by atoms with van der Waals surface area (Å²) in [5, 5.41) is 0.991. The molecule has 6 heterocycles. The lowest BCUT2D eigenvalue weighted by Gasteiger charge is -2.37. The number of benzene rings is 1. The zero-order valence-corrected chi connectivity index (χ0v) is 29.4. The molecule has 0 radical (unpaired) electrons. The van der Waals surface area contributed by atoms with Gasteiger partial charge in [-0.05, 0) is 60.9 Å². The monoisotopic (exact) mass is 714 g/mol. The number of carbonyl (C=O) groups is 2. The quantitative estimate of drug-likeness (QED) is 0.228. The van der Waals surface area contributed by atoms with E-state index >= 15 is 8.78 Å². The molecule has 0 bridgehead atoms. The van der Waals surface area contributed by atoms with Crippen LogP contribution in [0.5, 0.6) is 0 Å². The summed E-state index contributed by atoms with van der Waals surface area (Å²) in [6, 6.07) is 8.00. The molecule has 0 N–H and O–H groups in total. The molecule has 52 heavy (non-hydrogen) atoms. The SMILES string of the molecule is Cn1ccc2c(-c3cc(F)c(CN4CCC(OC5CCN(CCn6cccc(CN7CCC(=O)CC7=O)c6=O)CC5)CC4)c(F)c3)cncc2c1=O. The molecule has 1 amide bonds. The van der Waals surface area contributed by atoms with Gasteiger partial charge in [0.15, 0.2) is 0 Å². The lowest BCUT2D eigenvalue weighted by atomic mass is 9.99. The summed E-state index contributed by atoms with van der Waals surface area (Å²) in [5.74, 6) is -1.51. The van der Waals surface area contributed by atoms with E-state index in [0.29, 0.717) is 60.1 Å². The van der Waals surface area contributed by atoms with Crippen LogP contribution in [0.3, 0.4) is 0 Å². The second-order valence-electron chi connectivity index (χ2n) is 14.3. The first-order valence-electron chi connectivity index (χ1n) is 18.1. The van der Waals surface area contributed by atoms with Crippen molar-refractivity contribution in [2.75, 3.05) is 39.3 Å². The molecule has 0 atom stereocenters. The van der Waals surface area contributed by atoms with E-state index in [4.69, 9.17) is 4.74 Å². The first kappa shape index (κ1) is 35.8. The molecule has 0 aliphatic carbocycles. The van der Waals surface area contributed by atoms with Gasteiger partial charge < -0.3 is 23.7 Å². The third-order valence-electron chi connectivity index (χ3n) is 10.8. The van der Waals surface area contributed by atoms with Gasteiger partial charge in [0, 0.05) is 107 Å². The predicted octanol–water partition coefficient (Wildman–Crippen LogP) is 3.88. The highest BCUT2D eigenvalue weighted by Gasteiger charge is 2.28. The fraction of sp³-hybridized carbons (Fsp3) is 0.462. The number of nitrogens with zero attached hydrogens (tertiary/aromatic N) is 6. The van der Waals surface area contributed by atoms with Crippen molar-refractivity contribution in [1.29, 1.82) is 0 Å². The van der Waals surface area contributed by atoms with Crippen molar-refractivity contribution in [1.82, 2.24) is 28.8 Å². The summed E-state index contributed by atoms with van der Waals surface area (Å²) in [5.41, 5.74) is 1.11. The summed E-state index contributed by atoms with van der Waals surface area (Å²) in [6.45, 7) is 5.13. The number of ketones is 1. The van der Waals surface area contributed by atoms with E-state index in [2.05, 4.69) is 14.8 Å². The molecule has 3 aromatic heterocycles. The van der Waals surface area contributed by atoms with E-state index < -0.39 is 11.6 Å². The molecule has 3 aliphatic heterocycles. The normalized spacial score (nSPS) is 18.5. The van der Waals surface area contributed by atoms with Crippen LogP contribution in [0.4, 0.5) is 8.78 Å². The molecule has 3 saturated heterocycles. The van der Waals surface area contributed by atoms with Gasteiger partial charge in [-0.3, -0.25) is 29.1 Å². The number of halogens is 2. The molecule has 11 nitrogen and oxygen atoms in total. The van der Waals surface area contributed by atoms with Gasteiger partial charge in [0.25, 0.3) is 11.1 Å². The van der Waals surface area contributed by atoms with Gasteiger partial charge >= 0.3 is 0 Å². The van der Waals surface area contributed by atoms with Crippen LogP contribution in [0.2, 0.25) is 0 Å². The Labute approximate surface area is 300 Å². The minimum atomic E-state index is -0.619. The highest BCUT2D eigenvalue weighted by atomic mass is 19.1. The zero-order chi connectivity index (χ0) is 36.4. The highest BCUT2D eigenvalue weighted by Crippen LogP contribution is 2.30. The maximum Gasteiger partial charge on any atom is 0.259 e. The molecule has 4 aromatic rings. The molecule has 0 spiro atoms. The third-order valence-corrected chi connectivity index (χ3v) is 10.8. The van der Waals surface area contributed by atoms with E-state index in [1.807, 2.05) is 6.07 Å². The van der Waals surface area contributed by atoms with E-state index in [9.17, 15) is 19.2 Å². The van der Waals surface area contributed by atoms with Crippen LogP contribution < -0.4 is 11.1 Å². The topological polar surface area (TPSA) is 110 Å². The summed E-state index contributed by atoms with van der Waals surface area (Å²) >= 11 is 0. The van der Waals surface area contributed by atoms with Gasteiger partial charge in [-0.1, -0.05) is 6.07 Å². The molecular formula is C39H44F2N6O5. The summed E-state index contributed by atoms with van der Waals surface area (Å²) < 4.78 is 40.4. The van der Waals surface area contributed by atoms with Crippen LogP contribution in [0.1, 0.15) is 49.7 Å². The summed E-state index contributed by atoms with van der Waals surface area (Å²) in [4.78, 5) is 59.6. The molecule has 3 fully saturated rings. The van der Waals surface area contributed by atoms with Gasteiger partial charge in [-0.15, -0.1) is 0 Å². The number of likely N-dealkylation sites (tertiary alicyclic amines) is 3. The van der Waals surface area contributed by atoms with Crippen molar-refractivity contribution in [3.63, 3.8) is 0 Å². The van der Waals surface area contributed by atoms with Crippen LogP contribution >= 0.6 is 0 Å². The smallest absolute Gasteiger partial charge is 0.259 e. The number of aromatic nitrogens is 3. The second-order valence-corrected chi connectivity index (χ2v) is 14.3. The first-order chi connectivity index (χ1) is 25.1. The number of aryl methyl sites for hydroxylation is 1. The Morgan fingerprint density at radius 1 is 0.788 bits per heavy atom. The van der Waals surface area contributed by atoms with Crippen molar-refractivity contribution in [2.24, 2.45) is 7.05 Å². The number of hydrogen-bond donors (Lipinski definition) is 0. The van der Waals surface area contributed by atoms with Crippen LogP contribution in [-0.2, 0) is 41.0 Å². The number of amides is 1. The zero-order valence-electron chi connectivity index (χ0n) is 29.4. The van der Waals surface area contributed by atoms with E-state index in [0.717, 1.165) is 45.3 Å². The second kappa shape index (κ2) is 15.6. The van der Waals surface area contributed by atoms with Crippen LogP contribution in [0, 0.1) is 11.6 Å². The Hall–Kier alpha value is -4.59. The van der Waals surface area contributed by atoms with Crippen LogP contribution in [0.25, 0.3) is 21.9 Å². The number of Topliss-reactive ketones (excluding diaryl/α,β-unsaturated/α-hetero) is 1. The lowest BCUT2D eigenvalue weighted by molar-refractivity contribution is -0.139. The van der Waals surface area contributed by atoms with Gasteiger partial charge in [-0.25, -0.2) is 8.78 Å². The predicted molar refractivity (Wildman–Crippen MR) is 192 cm³/mol. The number of pyridine rings is 3. The van der Waals surface area contributed by atoms with E-state index in [1.54, 1.807) is 41.0 Å². The van der Waals surface area contributed by atoms with Crippen molar-refractivity contribution < 1.29 is 23.1 Å². The van der Waals surface area contributed by atoms with Crippen molar-refractivity contribution in [3.05, 3.63) is 98.6 Å². The average molecular weight is 715 g/mol. The Bertz CT molecular complexity index is 2060. The van der Waals surface area contributed by atoms with Gasteiger partial charge in [0.1, 0.15) is 17.4 Å². The number of ether oxygens (including phenoxy) is 1. The van der Waals surface area contributed by atoms with Gasteiger partial charge in [0.2, 0.25) is 5.91 Å². The van der Waals surface area contributed by atoms with Crippen molar-refractivity contribution in [3.8, 4) is 11.1 Å². The minimum absolute atomic E-state index is 0.0309. The number of piperidine rings is 3. The van der Waals surface area contributed by atoms with Gasteiger partial charge in [-0.2, -0.15) is 0 Å². The maximum atomic E-state index is 15.4. The highest BCUT2D eigenvalue weighted by molar-refractivity contribution is 6.00. The molecular weight excluding hydrogens is 670 g/mol. The standard InChI is InChI=1S/C39H44F2N6O5/c1-43-11-9-31-32(22-42-23-33(31)39(43)51)27-19-35(40)34(36(41)20-27)25-45-14-7-30(8-15-45)52-29-5-12-44(13-6-29)17-18-46-10-2-3-26(38(46)50)24-47-16-4-28(48)21-37(47)49/h2-3,9-11,19-20,22-23,29-30H,4-8,12-18,21,24-25H2,1H3. The molecule has 0 unspecified atom stereocenters. The summed E-state index contributed by atoms with van der Waals surface area (Å²) in [7, 11) is 1.65. The molecule has 3 aliphatic rings. The molecule has 7 rings (SSSR count). The molecule has 13 heteroatoms. The number of fused-ring (bicyclic) bond motifs is 1. The Morgan fingerprint density at radius 2 is 1.48 bits per heavy atom. The number of hydrogen-bond acceptors (Lipinski definition) is 8. The Morgan fingerprint density at radius 3 is 2.17 bits per heavy atom. The first-order valence-corrected chi connectivity index (χ1v) is 18.1. The Balaban J connectivity index is 0.862. The fourth-order valence-electron chi connectivity index (χ4n) is 7.63. The van der Waals surface area contributed by atoms with Crippen LogP contribution in [0.15, 0.2) is 64.7 Å².